The Bertz CT molecular complexity index is 939. The van der Waals surface area contributed by atoms with Crippen LogP contribution >= 0.6 is 0 Å². The van der Waals surface area contributed by atoms with E-state index < -0.39 is 11.7 Å². The van der Waals surface area contributed by atoms with E-state index in [9.17, 15) is 9.59 Å². The molecular weight excluding hydrogens is 360 g/mol. The van der Waals surface area contributed by atoms with Crippen LogP contribution in [0.4, 0.5) is 0 Å². The average Bonchev–Trinajstić information content (AvgIpc) is 2.91. The van der Waals surface area contributed by atoms with Gasteiger partial charge in [0.05, 0.1) is 0 Å². The fraction of sp³-hybridized carbons (Fsp3) is 0.429. The Hall–Kier alpha value is -2.80. The van der Waals surface area contributed by atoms with Gasteiger partial charge in [-0.1, -0.05) is 12.1 Å². The number of nitrogens with zero attached hydrogens (tertiary/aromatic N) is 2. The number of aryl methyl sites for hydroxylation is 1. The van der Waals surface area contributed by atoms with Crippen molar-refractivity contribution in [3.05, 3.63) is 57.6 Å². The molecule has 28 heavy (non-hydrogen) atoms. The van der Waals surface area contributed by atoms with Crippen LogP contribution in [0.1, 0.15) is 34.2 Å². The smallest absolute Gasteiger partial charge is 0.349 e. The van der Waals surface area contributed by atoms with Gasteiger partial charge in [-0.2, -0.15) is 0 Å². The molecule has 0 bridgehead atoms. The summed E-state index contributed by atoms with van der Waals surface area (Å²) in [5, 5.41) is 0. The van der Waals surface area contributed by atoms with Gasteiger partial charge in [0.2, 0.25) is 0 Å². The Morgan fingerprint density at radius 2 is 1.89 bits per heavy atom. The van der Waals surface area contributed by atoms with Crippen molar-refractivity contribution in [2.75, 3.05) is 39.8 Å². The number of hydrogen-bond acceptors (Lipinski definition) is 6. The maximum absolute atomic E-state index is 12.9. The third kappa shape index (κ3) is 3.62. The number of fused-ring (bicyclic) bond motifs is 1. The van der Waals surface area contributed by atoms with Gasteiger partial charge in [0.15, 0.2) is 23.4 Å². The van der Waals surface area contributed by atoms with Gasteiger partial charge >= 0.3 is 5.63 Å². The molecule has 7 nitrogen and oxygen atoms in total. The minimum atomic E-state index is -0.625. The highest BCUT2D eigenvalue weighted by Gasteiger charge is 2.28. The molecular formula is C21H24N2O5. The monoisotopic (exact) mass is 384 g/mol. The quantitative estimate of drug-likeness (QED) is 0.791. The van der Waals surface area contributed by atoms with Gasteiger partial charge in [-0.25, -0.2) is 4.79 Å². The molecule has 0 saturated carbocycles. The molecule has 0 radical (unpaired) electrons. The molecule has 2 aliphatic rings. The average molecular weight is 384 g/mol. The molecule has 7 heteroatoms. The molecule has 0 aliphatic carbocycles. The van der Waals surface area contributed by atoms with E-state index in [0.29, 0.717) is 35.9 Å². The van der Waals surface area contributed by atoms with Crippen LogP contribution in [0.2, 0.25) is 0 Å². The van der Waals surface area contributed by atoms with E-state index in [-0.39, 0.29) is 18.1 Å². The highest BCUT2D eigenvalue weighted by Crippen LogP contribution is 2.35. The number of carbonyl (C=O) groups excluding carboxylic acids is 1. The van der Waals surface area contributed by atoms with Crippen LogP contribution in [0.25, 0.3) is 0 Å². The molecule has 2 aromatic rings. The first-order valence-electron chi connectivity index (χ1n) is 9.54. The van der Waals surface area contributed by atoms with Crippen LogP contribution in [-0.4, -0.2) is 55.5 Å². The number of ether oxygens (including phenoxy) is 2. The predicted octanol–water partition coefficient (Wildman–Crippen LogP) is 2.24. The predicted molar refractivity (Wildman–Crippen MR) is 103 cm³/mol. The van der Waals surface area contributed by atoms with Crippen molar-refractivity contribution in [3.8, 4) is 11.5 Å². The molecule has 1 saturated heterocycles. The number of para-hydroxylation sites is 2. The van der Waals surface area contributed by atoms with Gasteiger partial charge in [-0.15, -0.1) is 0 Å². The van der Waals surface area contributed by atoms with Crippen LogP contribution in [0.3, 0.4) is 0 Å². The first-order valence-corrected chi connectivity index (χ1v) is 9.54. The van der Waals surface area contributed by atoms with Gasteiger partial charge in [-0.05, 0) is 50.7 Å². The summed E-state index contributed by atoms with van der Waals surface area (Å²) < 4.78 is 17.1. The van der Waals surface area contributed by atoms with E-state index in [1.54, 1.807) is 24.0 Å². The summed E-state index contributed by atoms with van der Waals surface area (Å²) >= 11 is 0. The van der Waals surface area contributed by atoms with Crippen LogP contribution in [0, 0.1) is 6.92 Å². The lowest BCUT2D eigenvalue weighted by atomic mass is 10.1. The second-order valence-corrected chi connectivity index (χ2v) is 7.31. The molecule has 2 aliphatic heterocycles. The van der Waals surface area contributed by atoms with Crippen molar-refractivity contribution in [2.45, 2.75) is 19.4 Å². The molecule has 4 rings (SSSR count). The lowest BCUT2D eigenvalue weighted by Crippen LogP contribution is -2.37. The van der Waals surface area contributed by atoms with Gasteiger partial charge < -0.3 is 23.7 Å². The molecule has 1 aromatic carbocycles. The highest BCUT2D eigenvalue weighted by molar-refractivity contribution is 5.95. The molecule has 1 atom stereocenters. The standard InChI is InChI=1S/C21H24N2O5/c1-14-12-17(18-13-26-15-6-3-4-7-16(15)27-18)28-21(25)19(14)20(24)23-9-5-8-22(2)10-11-23/h3-4,6-7,12,18H,5,8-11,13H2,1-2H3. The van der Waals surface area contributed by atoms with Crippen LogP contribution in [0.5, 0.6) is 11.5 Å². The van der Waals surface area contributed by atoms with Crippen LogP contribution < -0.4 is 15.1 Å². The van der Waals surface area contributed by atoms with Crippen LogP contribution in [-0.2, 0) is 0 Å². The zero-order chi connectivity index (χ0) is 19.7. The van der Waals surface area contributed by atoms with E-state index >= 15 is 0 Å². The number of hydrogen-bond donors (Lipinski definition) is 0. The highest BCUT2D eigenvalue weighted by atomic mass is 16.6. The second-order valence-electron chi connectivity index (χ2n) is 7.31. The maximum atomic E-state index is 12.9. The van der Waals surface area contributed by atoms with Gasteiger partial charge in [0.25, 0.3) is 5.91 Å². The van der Waals surface area contributed by atoms with Crippen molar-refractivity contribution in [1.82, 2.24) is 9.80 Å². The summed E-state index contributed by atoms with van der Waals surface area (Å²) in [7, 11) is 2.03. The summed E-state index contributed by atoms with van der Waals surface area (Å²) in [6.45, 7) is 4.98. The van der Waals surface area contributed by atoms with E-state index in [0.717, 1.165) is 19.5 Å². The first-order chi connectivity index (χ1) is 13.5. The molecule has 1 aromatic heterocycles. The van der Waals surface area contributed by atoms with Crippen molar-refractivity contribution < 1.29 is 18.7 Å². The normalized spacial score (nSPS) is 19.9. The summed E-state index contributed by atoms with van der Waals surface area (Å²) in [5.41, 5.74) is 0.0711. The first kappa shape index (κ1) is 18.6. The SMILES string of the molecule is Cc1cc(C2COc3ccccc3O2)oc(=O)c1C(=O)N1CCCN(C)CC1. The Morgan fingerprint density at radius 3 is 2.68 bits per heavy atom. The topological polar surface area (TPSA) is 72.2 Å². The number of carbonyl (C=O) groups is 1. The van der Waals surface area contributed by atoms with Crippen molar-refractivity contribution in [3.63, 3.8) is 0 Å². The molecule has 1 unspecified atom stereocenters. The number of benzene rings is 1. The van der Waals surface area contributed by atoms with Crippen LogP contribution in [0.15, 0.2) is 39.5 Å². The summed E-state index contributed by atoms with van der Waals surface area (Å²) in [5.74, 6) is 1.37. The van der Waals surface area contributed by atoms with Crippen molar-refractivity contribution >= 4 is 5.91 Å². The van der Waals surface area contributed by atoms with Gasteiger partial charge in [0.1, 0.15) is 12.2 Å². The molecule has 0 N–H and O–H groups in total. The number of amides is 1. The third-order valence-corrected chi connectivity index (χ3v) is 5.21. The van der Waals surface area contributed by atoms with E-state index in [1.807, 2.05) is 25.2 Å². The minimum absolute atomic E-state index is 0.102. The van der Waals surface area contributed by atoms with Crippen molar-refractivity contribution in [1.29, 1.82) is 0 Å². The van der Waals surface area contributed by atoms with E-state index in [4.69, 9.17) is 13.9 Å². The second kappa shape index (κ2) is 7.67. The Balaban J connectivity index is 1.57. The van der Waals surface area contributed by atoms with E-state index in [1.165, 1.54) is 0 Å². The summed E-state index contributed by atoms with van der Waals surface area (Å²) in [6, 6.07) is 9.06. The maximum Gasteiger partial charge on any atom is 0.349 e. The lowest BCUT2D eigenvalue weighted by Gasteiger charge is -2.26. The molecule has 148 valence electrons. The molecule has 1 fully saturated rings. The van der Waals surface area contributed by atoms with E-state index in [2.05, 4.69) is 4.90 Å². The fourth-order valence-electron chi connectivity index (χ4n) is 3.62. The Kier molecular flexibility index (Phi) is 5.09. The minimum Gasteiger partial charge on any atom is -0.485 e. The molecule has 1 amide bonds. The largest absolute Gasteiger partial charge is 0.485 e. The fourth-order valence-corrected chi connectivity index (χ4v) is 3.62. The Labute approximate surface area is 163 Å². The molecule has 0 spiro atoms. The molecule has 3 heterocycles. The Morgan fingerprint density at radius 1 is 1.11 bits per heavy atom. The van der Waals surface area contributed by atoms with Gasteiger partial charge in [-0.3, -0.25) is 4.79 Å². The lowest BCUT2D eigenvalue weighted by molar-refractivity contribution is 0.0702. The zero-order valence-corrected chi connectivity index (χ0v) is 16.1. The summed E-state index contributed by atoms with van der Waals surface area (Å²) in [4.78, 5) is 29.5. The zero-order valence-electron chi connectivity index (χ0n) is 16.1. The van der Waals surface area contributed by atoms with Crippen molar-refractivity contribution in [2.24, 2.45) is 0 Å². The van der Waals surface area contributed by atoms with Gasteiger partial charge in [0, 0.05) is 19.6 Å². The third-order valence-electron chi connectivity index (χ3n) is 5.21. The number of rotatable bonds is 2. The number of likely N-dealkylation sites (N-methyl/N-ethyl adjacent to an activating group) is 1. The summed E-state index contributed by atoms with van der Waals surface area (Å²) in [6.07, 6.45) is 0.356.